The van der Waals surface area contributed by atoms with Crippen LogP contribution in [0.15, 0.2) is 53.4 Å². The lowest BCUT2D eigenvalue weighted by Gasteiger charge is -2.14. The second kappa shape index (κ2) is 8.85. The smallest absolute Gasteiger partial charge is 0.260 e. The van der Waals surface area contributed by atoms with Gasteiger partial charge < -0.3 is 10.1 Å². The first-order valence-electron chi connectivity index (χ1n) is 7.44. The molecule has 1 amide bonds. The summed E-state index contributed by atoms with van der Waals surface area (Å²) in [5.41, 5.74) is 1.16. The van der Waals surface area contributed by atoms with Gasteiger partial charge in [0.15, 0.2) is 6.10 Å². The number of nitrogens with one attached hydrogen (secondary N) is 1. The van der Waals surface area contributed by atoms with Crippen LogP contribution < -0.4 is 10.1 Å². The van der Waals surface area contributed by atoms with E-state index in [1.165, 1.54) is 0 Å². The van der Waals surface area contributed by atoms with Gasteiger partial charge in [0.1, 0.15) is 5.75 Å². The van der Waals surface area contributed by atoms with Crippen molar-refractivity contribution >= 4 is 29.3 Å². The Kier molecular flexibility index (Phi) is 6.81. The average Bonchev–Trinajstić information content (AvgIpc) is 2.55. The van der Waals surface area contributed by atoms with E-state index in [1.807, 2.05) is 55.5 Å². The van der Waals surface area contributed by atoms with Crippen LogP contribution in [0, 0.1) is 6.92 Å². The Balaban J connectivity index is 1.69. The Morgan fingerprint density at radius 2 is 1.83 bits per heavy atom. The second-order valence-electron chi connectivity index (χ2n) is 5.17. The first kappa shape index (κ1) is 17.7. The topological polar surface area (TPSA) is 38.3 Å². The van der Waals surface area contributed by atoms with Crippen LogP contribution in [0.5, 0.6) is 5.75 Å². The van der Waals surface area contributed by atoms with Crippen LogP contribution in [0.1, 0.15) is 12.5 Å². The third-order valence-electron chi connectivity index (χ3n) is 3.19. The number of thioether (sulfide) groups is 1. The van der Waals surface area contributed by atoms with Crippen molar-refractivity contribution in [3.05, 3.63) is 59.1 Å². The molecular formula is C18H20ClNO2S. The molecule has 3 nitrogen and oxygen atoms in total. The van der Waals surface area contributed by atoms with E-state index in [1.54, 1.807) is 18.7 Å². The van der Waals surface area contributed by atoms with Gasteiger partial charge in [-0.15, -0.1) is 11.8 Å². The summed E-state index contributed by atoms with van der Waals surface area (Å²) in [5.74, 6) is 1.39. The van der Waals surface area contributed by atoms with E-state index >= 15 is 0 Å². The van der Waals surface area contributed by atoms with Gasteiger partial charge in [-0.1, -0.05) is 29.3 Å². The van der Waals surface area contributed by atoms with Gasteiger partial charge >= 0.3 is 0 Å². The van der Waals surface area contributed by atoms with E-state index in [0.29, 0.717) is 12.3 Å². The minimum atomic E-state index is -0.516. The fraction of sp³-hybridized carbons (Fsp3) is 0.278. The molecule has 0 aliphatic rings. The van der Waals surface area contributed by atoms with E-state index in [2.05, 4.69) is 5.32 Å². The molecule has 5 heteroatoms. The highest BCUT2D eigenvalue weighted by Crippen LogP contribution is 2.19. The maximum absolute atomic E-state index is 12.0. The van der Waals surface area contributed by atoms with Crippen molar-refractivity contribution < 1.29 is 9.53 Å². The Bertz CT molecular complexity index is 628. The Labute approximate surface area is 146 Å². The lowest BCUT2D eigenvalue weighted by atomic mass is 10.2. The number of carbonyl (C=O) groups excluding carboxylic acids is 1. The number of hydrogen-bond acceptors (Lipinski definition) is 3. The molecule has 0 saturated heterocycles. The lowest BCUT2D eigenvalue weighted by Crippen LogP contribution is -2.37. The van der Waals surface area contributed by atoms with Crippen LogP contribution in [0.4, 0.5) is 0 Å². The van der Waals surface area contributed by atoms with Crippen molar-refractivity contribution in [2.75, 3.05) is 12.3 Å². The van der Waals surface area contributed by atoms with Gasteiger partial charge in [0.05, 0.1) is 0 Å². The number of halogens is 1. The minimum Gasteiger partial charge on any atom is -0.481 e. The quantitative estimate of drug-likeness (QED) is 0.597. The molecule has 0 aromatic heterocycles. The molecular weight excluding hydrogens is 330 g/mol. The van der Waals surface area contributed by atoms with E-state index in [-0.39, 0.29) is 5.91 Å². The number of aryl methyl sites for hydroxylation is 1. The van der Waals surface area contributed by atoms with Gasteiger partial charge in [0.25, 0.3) is 5.91 Å². The van der Waals surface area contributed by atoms with Gasteiger partial charge in [-0.3, -0.25) is 4.79 Å². The largest absolute Gasteiger partial charge is 0.481 e. The molecule has 1 atom stereocenters. The number of rotatable bonds is 7. The van der Waals surface area contributed by atoms with Crippen LogP contribution in [0.2, 0.25) is 5.02 Å². The van der Waals surface area contributed by atoms with Crippen LogP contribution in [0.3, 0.4) is 0 Å². The number of carbonyl (C=O) groups is 1. The average molecular weight is 350 g/mol. The summed E-state index contributed by atoms with van der Waals surface area (Å²) < 4.78 is 5.63. The molecule has 2 aromatic carbocycles. The number of amides is 1. The summed E-state index contributed by atoms with van der Waals surface area (Å²) in [7, 11) is 0. The van der Waals surface area contributed by atoms with Gasteiger partial charge in [-0.05, 0) is 50.2 Å². The molecule has 0 radical (unpaired) electrons. The monoisotopic (exact) mass is 349 g/mol. The molecule has 2 aromatic rings. The number of ether oxygens (including phenoxy) is 1. The highest BCUT2D eigenvalue weighted by Gasteiger charge is 2.13. The zero-order valence-corrected chi connectivity index (χ0v) is 14.8. The SMILES string of the molecule is Cc1ccc(O[C@H](C)C(=O)NCCSc2ccc(Cl)cc2)cc1. The van der Waals surface area contributed by atoms with Crippen molar-refractivity contribution in [1.29, 1.82) is 0 Å². The Morgan fingerprint density at radius 1 is 1.17 bits per heavy atom. The van der Waals surface area contributed by atoms with Crippen molar-refractivity contribution in [2.24, 2.45) is 0 Å². The zero-order chi connectivity index (χ0) is 16.7. The van der Waals surface area contributed by atoms with Gasteiger partial charge in [-0.25, -0.2) is 0 Å². The Hall–Kier alpha value is -1.65. The molecule has 0 unspecified atom stereocenters. The van der Waals surface area contributed by atoms with E-state index in [0.717, 1.165) is 21.2 Å². The maximum atomic E-state index is 12.0. The minimum absolute atomic E-state index is 0.109. The van der Waals surface area contributed by atoms with Crippen molar-refractivity contribution in [3.63, 3.8) is 0 Å². The van der Waals surface area contributed by atoms with Crippen molar-refractivity contribution in [3.8, 4) is 5.75 Å². The first-order valence-corrected chi connectivity index (χ1v) is 8.80. The summed E-state index contributed by atoms with van der Waals surface area (Å²) in [6, 6.07) is 15.3. The van der Waals surface area contributed by atoms with Gasteiger partial charge in [0.2, 0.25) is 0 Å². The van der Waals surface area contributed by atoms with Crippen LogP contribution >= 0.6 is 23.4 Å². The zero-order valence-electron chi connectivity index (χ0n) is 13.2. The van der Waals surface area contributed by atoms with Crippen LogP contribution in [-0.4, -0.2) is 24.3 Å². The van der Waals surface area contributed by atoms with Crippen LogP contribution in [0.25, 0.3) is 0 Å². The third-order valence-corrected chi connectivity index (χ3v) is 4.45. The summed E-state index contributed by atoms with van der Waals surface area (Å²) in [5, 5.41) is 3.61. The van der Waals surface area contributed by atoms with Gasteiger partial charge in [0, 0.05) is 22.2 Å². The molecule has 0 bridgehead atoms. The van der Waals surface area contributed by atoms with Gasteiger partial charge in [-0.2, -0.15) is 0 Å². The molecule has 0 heterocycles. The van der Waals surface area contributed by atoms with Crippen molar-refractivity contribution in [1.82, 2.24) is 5.32 Å². The summed E-state index contributed by atoms with van der Waals surface area (Å²) in [6.45, 7) is 4.35. The molecule has 0 aliphatic heterocycles. The lowest BCUT2D eigenvalue weighted by molar-refractivity contribution is -0.127. The van der Waals surface area contributed by atoms with E-state index in [9.17, 15) is 4.79 Å². The van der Waals surface area contributed by atoms with E-state index in [4.69, 9.17) is 16.3 Å². The molecule has 23 heavy (non-hydrogen) atoms. The molecule has 0 spiro atoms. The normalized spacial score (nSPS) is 11.8. The second-order valence-corrected chi connectivity index (χ2v) is 6.77. The highest BCUT2D eigenvalue weighted by molar-refractivity contribution is 7.99. The first-order chi connectivity index (χ1) is 11.0. The fourth-order valence-electron chi connectivity index (χ4n) is 1.89. The number of hydrogen-bond donors (Lipinski definition) is 1. The summed E-state index contributed by atoms with van der Waals surface area (Å²) >= 11 is 7.52. The highest BCUT2D eigenvalue weighted by atomic mass is 35.5. The molecule has 0 saturated carbocycles. The molecule has 0 fully saturated rings. The fourth-order valence-corrected chi connectivity index (χ4v) is 2.79. The third kappa shape index (κ3) is 6.16. The summed E-state index contributed by atoms with van der Waals surface area (Å²) in [4.78, 5) is 13.1. The van der Waals surface area contributed by atoms with Crippen molar-refractivity contribution in [2.45, 2.75) is 24.8 Å². The molecule has 122 valence electrons. The van der Waals surface area contributed by atoms with Crippen LogP contribution in [-0.2, 0) is 4.79 Å². The standard InChI is InChI=1S/C18H20ClNO2S/c1-13-3-7-16(8-4-13)22-14(2)18(21)20-11-12-23-17-9-5-15(19)6-10-17/h3-10,14H,11-12H2,1-2H3,(H,20,21)/t14-/m1/s1. The predicted octanol–water partition coefficient (Wildman–Crippen LogP) is 4.32. The molecule has 0 aliphatic carbocycles. The maximum Gasteiger partial charge on any atom is 0.260 e. The molecule has 1 N–H and O–H groups in total. The Morgan fingerprint density at radius 3 is 2.48 bits per heavy atom. The summed E-state index contributed by atoms with van der Waals surface area (Å²) in [6.07, 6.45) is -0.516. The van der Waals surface area contributed by atoms with E-state index < -0.39 is 6.10 Å². The molecule has 2 rings (SSSR count). The number of benzene rings is 2. The predicted molar refractivity (Wildman–Crippen MR) is 96.5 cm³/mol.